The number of esters is 1. The third-order valence-electron chi connectivity index (χ3n) is 2.87. The van der Waals surface area contributed by atoms with Crippen LogP contribution in [-0.4, -0.2) is 13.1 Å². The van der Waals surface area contributed by atoms with Crippen LogP contribution in [0.4, 0.5) is 0 Å². The molecule has 0 aliphatic rings. The van der Waals surface area contributed by atoms with Crippen molar-refractivity contribution in [2.45, 2.75) is 65.7 Å². The second-order valence-corrected chi connectivity index (χ2v) is 5.35. The third kappa shape index (κ3) is 10.1. The highest BCUT2D eigenvalue weighted by atomic mass is 16.5. The van der Waals surface area contributed by atoms with E-state index in [0.717, 1.165) is 6.42 Å². The molecule has 0 bridgehead atoms. The summed E-state index contributed by atoms with van der Waals surface area (Å²) in [5.41, 5.74) is -0.0868. The van der Waals surface area contributed by atoms with E-state index >= 15 is 0 Å². The summed E-state index contributed by atoms with van der Waals surface area (Å²) in [4.78, 5) is 11.2. The van der Waals surface area contributed by atoms with Gasteiger partial charge in [0, 0.05) is 0 Å². The normalized spacial score (nSPS) is 12.0. The first-order chi connectivity index (χ1) is 8.02. The minimum Gasteiger partial charge on any atom is -0.469 e. The molecule has 0 N–H and O–H groups in total. The van der Waals surface area contributed by atoms with Crippen LogP contribution in [0.3, 0.4) is 0 Å². The van der Waals surface area contributed by atoms with Gasteiger partial charge < -0.3 is 4.74 Å². The van der Waals surface area contributed by atoms with E-state index in [1.165, 1.54) is 39.2 Å². The molecule has 17 heavy (non-hydrogen) atoms. The molecule has 2 heteroatoms. The van der Waals surface area contributed by atoms with Crippen LogP contribution in [0.15, 0.2) is 12.2 Å². The van der Waals surface area contributed by atoms with Gasteiger partial charge in [0.15, 0.2) is 0 Å². The van der Waals surface area contributed by atoms with Crippen LogP contribution < -0.4 is 0 Å². The lowest BCUT2D eigenvalue weighted by molar-refractivity contribution is -0.142. The Morgan fingerprint density at radius 1 is 1.18 bits per heavy atom. The molecule has 0 unspecified atom stereocenters. The quantitative estimate of drug-likeness (QED) is 0.337. The fraction of sp³-hybridized carbons (Fsp3) is 0.800. The van der Waals surface area contributed by atoms with Crippen molar-refractivity contribution in [2.75, 3.05) is 7.11 Å². The molecule has 0 amide bonds. The molecule has 0 rings (SSSR count). The topological polar surface area (TPSA) is 26.3 Å². The maximum atomic E-state index is 11.2. The van der Waals surface area contributed by atoms with Gasteiger partial charge in [-0.2, -0.15) is 0 Å². The lowest BCUT2D eigenvalue weighted by Gasteiger charge is -2.18. The van der Waals surface area contributed by atoms with Gasteiger partial charge in [-0.1, -0.05) is 58.6 Å². The molecule has 0 fully saturated rings. The second kappa shape index (κ2) is 9.26. The van der Waals surface area contributed by atoms with Crippen LogP contribution in [0, 0.1) is 5.41 Å². The molecule has 2 nitrogen and oxygen atoms in total. The van der Waals surface area contributed by atoms with E-state index in [2.05, 4.69) is 37.7 Å². The van der Waals surface area contributed by atoms with E-state index in [1.54, 1.807) is 0 Å². The van der Waals surface area contributed by atoms with Gasteiger partial charge in [-0.25, -0.2) is 0 Å². The number of carbonyl (C=O) groups excluding carboxylic acids is 1. The van der Waals surface area contributed by atoms with E-state index in [9.17, 15) is 4.79 Å². The molecule has 0 heterocycles. The maximum absolute atomic E-state index is 11.2. The van der Waals surface area contributed by atoms with E-state index in [-0.39, 0.29) is 11.4 Å². The third-order valence-corrected chi connectivity index (χ3v) is 2.87. The van der Waals surface area contributed by atoms with Gasteiger partial charge in [0.25, 0.3) is 0 Å². The Morgan fingerprint density at radius 3 is 2.41 bits per heavy atom. The highest BCUT2D eigenvalue weighted by Gasteiger charge is 2.18. The smallest absolute Gasteiger partial charge is 0.306 e. The first-order valence-corrected chi connectivity index (χ1v) is 6.76. The van der Waals surface area contributed by atoms with Crippen LogP contribution >= 0.6 is 0 Å². The highest BCUT2D eigenvalue weighted by molar-refractivity contribution is 5.70. The zero-order valence-electron chi connectivity index (χ0n) is 11.9. The average Bonchev–Trinajstić information content (AvgIpc) is 2.27. The molecule has 0 atom stereocenters. The molecule has 0 radical (unpaired) electrons. The lowest BCUT2D eigenvalue weighted by atomic mass is 9.88. The zero-order valence-corrected chi connectivity index (χ0v) is 11.9. The van der Waals surface area contributed by atoms with Crippen molar-refractivity contribution in [2.24, 2.45) is 5.41 Å². The van der Waals surface area contributed by atoms with Crippen molar-refractivity contribution in [3.8, 4) is 0 Å². The fourth-order valence-electron chi connectivity index (χ4n) is 1.77. The monoisotopic (exact) mass is 240 g/mol. The van der Waals surface area contributed by atoms with Crippen LogP contribution in [0.1, 0.15) is 65.7 Å². The molecule has 0 aromatic rings. The van der Waals surface area contributed by atoms with Crippen molar-refractivity contribution in [3.05, 3.63) is 12.2 Å². The Hall–Kier alpha value is -0.790. The zero-order chi connectivity index (χ0) is 13.1. The number of hydrogen-bond donors (Lipinski definition) is 0. The fourth-order valence-corrected chi connectivity index (χ4v) is 1.77. The van der Waals surface area contributed by atoms with Crippen LogP contribution in [0.25, 0.3) is 0 Å². The number of rotatable bonds is 9. The molecule has 0 aromatic carbocycles. The SMILES string of the molecule is CCCCCCCC=CC(C)(C)CC(=O)OC. The van der Waals surface area contributed by atoms with Crippen molar-refractivity contribution in [3.63, 3.8) is 0 Å². The van der Waals surface area contributed by atoms with Gasteiger partial charge in [0.2, 0.25) is 0 Å². The standard InChI is InChI=1S/C15H28O2/c1-5-6-7-8-9-10-11-12-15(2,3)13-14(16)17-4/h11-12H,5-10,13H2,1-4H3. The predicted octanol–water partition coefficient (Wildman–Crippen LogP) is 4.49. The number of hydrogen-bond acceptors (Lipinski definition) is 2. The Kier molecular flexibility index (Phi) is 8.83. The molecule has 0 spiro atoms. The Morgan fingerprint density at radius 2 is 1.82 bits per heavy atom. The van der Waals surface area contributed by atoms with Crippen molar-refractivity contribution >= 4 is 5.97 Å². The number of ether oxygens (including phenoxy) is 1. The Balaban J connectivity index is 3.70. The molecule has 0 saturated heterocycles. The molecule has 100 valence electrons. The Labute approximate surface area is 106 Å². The molecule has 0 aromatic heterocycles. The van der Waals surface area contributed by atoms with Crippen LogP contribution in [0.2, 0.25) is 0 Å². The average molecular weight is 240 g/mol. The summed E-state index contributed by atoms with van der Waals surface area (Å²) in [6.07, 6.45) is 12.5. The number of carbonyl (C=O) groups is 1. The van der Waals surface area contributed by atoms with Crippen molar-refractivity contribution < 1.29 is 9.53 Å². The second-order valence-electron chi connectivity index (χ2n) is 5.35. The molecule has 0 saturated carbocycles. The highest BCUT2D eigenvalue weighted by Crippen LogP contribution is 2.23. The van der Waals surface area contributed by atoms with Crippen molar-refractivity contribution in [1.82, 2.24) is 0 Å². The summed E-state index contributed by atoms with van der Waals surface area (Å²) >= 11 is 0. The number of unbranched alkanes of at least 4 members (excludes halogenated alkanes) is 5. The lowest BCUT2D eigenvalue weighted by Crippen LogP contribution is -2.15. The van der Waals surface area contributed by atoms with Crippen LogP contribution in [-0.2, 0) is 9.53 Å². The molecular formula is C15H28O2. The molecule has 0 aliphatic heterocycles. The number of methoxy groups -OCH3 is 1. The Bertz CT molecular complexity index is 229. The summed E-state index contributed by atoms with van der Waals surface area (Å²) in [6, 6.07) is 0. The van der Waals surface area contributed by atoms with Gasteiger partial charge in [-0.3, -0.25) is 4.79 Å². The first kappa shape index (κ1) is 16.2. The maximum Gasteiger partial charge on any atom is 0.306 e. The molecule has 0 aliphatic carbocycles. The van der Waals surface area contributed by atoms with Gasteiger partial charge in [-0.05, 0) is 18.3 Å². The number of allylic oxidation sites excluding steroid dienone is 2. The van der Waals surface area contributed by atoms with Crippen LogP contribution in [0.5, 0.6) is 0 Å². The summed E-state index contributed by atoms with van der Waals surface area (Å²) in [5, 5.41) is 0. The minimum atomic E-state index is -0.136. The summed E-state index contributed by atoms with van der Waals surface area (Å²) < 4.78 is 4.69. The van der Waals surface area contributed by atoms with Gasteiger partial charge >= 0.3 is 5.97 Å². The van der Waals surface area contributed by atoms with E-state index in [0.29, 0.717) is 6.42 Å². The van der Waals surface area contributed by atoms with Crippen molar-refractivity contribution in [1.29, 1.82) is 0 Å². The summed E-state index contributed by atoms with van der Waals surface area (Å²) in [6.45, 7) is 6.37. The van der Waals surface area contributed by atoms with Gasteiger partial charge in [0.1, 0.15) is 0 Å². The van der Waals surface area contributed by atoms with E-state index in [1.807, 2.05) is 0 Å². The predicted molar refractivity (Wildman–Crippen MR) is 72.9 cm³/mol. The van der Waals surface area contributed by atoms with E-state index < -0.39 is 0 Å². The minimum absolute atomic E-state index is 0.0868. The summed E-state index contributed by atoms with van der Waals surface area (Å²) in [5.74, 6) is -0.136. The van der Waals surface area contributed by atoms with E-state index in [4.69, 9.17) is 0 Å². The van der Waals surface area contributed by atoms with Gasteiger partial charge in [-0.15, -0.1) is 0 Å². The largest absolute Gasteiger partial charge is 0.469 e. The summed E-state index contributed by atoms with van der Waals surface area (Å²) in [7, 11) is 1.44. The first-order valence-electron chi connectivity index (χ1n) is 6.76. The molecular weight excluding hydrogens is 212 g/mol. The van der Waals surface area contributed by atoms with Gasteiger partial charge in [0.05, 0.1) is 13.5 Å².